The molecule has 3 aliphatic heterocycles. The summed E-state index contributed by atoms with van der Waals surface area (Å²) in [6.45, 7) is 1.44. The Balaban J connectivity index is 1.56. The van der Waals surface area contributed by atoms with E-state index in [0.717, 1.165) is 51.7 Å². The van der Waals surface area contributed by atoms with Crippen molar-refractivity contribution in [3.05, 3.63) is 0 Å². The van der Waals surface area contributed by atoms with Crippen molar-refractivity contribution in [2.45, 2.75) is 63.1 Å². The number of hydrogen-bond donors (Lipinski definition) is 2. The van der Waals surface area contributed by atoms with Gasteiger partial charge in [0.25, 0.3) is 0 Å². The summed E-state index contributed by atoms with van der Waals surface area (Å²) in [6, 6.07) is 0.728. The second kappa shape index (κ2) is 6.22. The third-order valence-electron chi connectivity index (χ3n) is 5.08. The molecule has 21 heavy (non-hydrogen) atoms. The predicted octanol–water partition coefficient (Wildman–Crippen LogP) is 1.59. The molecule has 3 rings (SSSR count). The van der Waals surface area contributed by atoms with Crippen LogP contribution in [0.15, 0.2) is 0 Å². The molecule has 0 spiro atoms. The van der Waals surface area contributed by atoms with Gasteiger partial charge in [0, 0.05) is 37.8 Å². The maximum Gasteiger partial charge on any atom is 0.318 e. The quantitative estimate of drug-likeness (QED) is 0.829. The summed E-state index contributed by atoms with van der Waals surface area (Å²) < 4.78 is 5.31. The summed E-state index contributed by atoms with van der Waals surface area (Å²) in [5, 5.41) is 12.1. The molecule has 2 atom stereocenters. The summed E-state index contributed by atoms with van der Waals surface area (Å²) in [5.41, 5.74) is 0. The average Bonchev–Trinajstić information content (AvgIpc) is 2.71. The lowest BCUT2D eigenvalue weighted by atomic mass is 9.88. The van der Waals surface area contributed by atoms with Crippen LogP contribution in [0.3, 0.4) is 0 Å². The molecule has 2 unspecified atom stereocenters. The van der Waals surface area contributed by atoms with E-state index in [9.17, 15) is 9.59 Å². The van der Waals surface area contributed by atoms with E-state index in [2.05, 4.69) is 5.32 Å². The zero-order valence-corrected chi connectivity index (χ0v) is 12.3. The minimum absolute atomic E-state index is 0.0446. The van der Waals surface area contributed by atoms with E-state index >= 15 is 0 Å². The van der Waals surface area contributed by atoms with Gasteiger partial charge in [-0.05, 0) is 44.4 Å². The molecule has 6 heteroatoms. The molecule has 0 radical (unpaired) electrons. The van der Waals surface area contributed by atoms with Crippen molar-refractivity contribution in [3.63, 3.8) is 0 Å². The molecule has 0 aliphatic carbocycles. The Labute approximate surface area is 124 Å². The first-order chi connectivity index (χ1) is 10.1. The average molecular weight is 296 g/mol. The number of ether oxygens (including phenoxy) is 1. The number of nitrogens with zero attached hydrogens (tertiary/aromatic N) is 1. The smallest absolute Gasteiger partial charge is 0.318 e. The summed E-state index contributed by atoms with van der Waals surface area (Å²) >= 11 is 0. The largest absolute Gasteiger partial charge is 0.481 e. The number of carboxylic acid groups (broad SMARTS) is 1. The Morgan fingerprint density at radius 3 is 2.29 bits per heavy atom. The van der Waals surface area contributed by atoms with Gasteiger partial charge in [-0.3, -0.25) is 4.79 Å². The van der Waals surface area contributed by atoms with E-state index in [-0.39, 0.29) is 36.5 Å². The van der Waals surface area contributed by atoms with Crippen LogP contribution >= 0.6 is 0 Å². The molecule has 3 heterocycles. The number of aliphatic carboxylic acids is 1. The fourth-order valence-corrected chi connectivity index (χ4v) is 4.13. The molecule has 3 saturated heterocycles. The van der Waals surface area contributed by atoms with Gasteiger partial charge in [-0.15, -0.1) is 0 Å². The molecular weight excluding hydrogens is 272 g/mol. The normalized spacial score (nSPS) is 33.0. The molecule has 118 valence electrons. The Kier molecular flexibility index (Phi) is 4.33. The van der Waals surface area contributed by atoms with Crippen molar-refractivity contribution < 1.29 is 19.4 Å². The third kappa shape index (κ3) is 3.31. The monoisotopic (exact) mass is 296 g/mol. The van der Waals surface area contributed by atoms with Crippen LogP contribution in [0.2, 0.25) is 0 Å². The van der Waals surface area contributed by atoms with Gasteiger partial charge >= 0.3 is 12.0 Å². The molecule has 0 aromatic rings. The van der Waals surface area contributed by atoms with E-state index in [0.29, 0.717) is 0 Å². The van der Waals surface area contributed by atoms with E-state index < -0.39 is 5.97 Å². The zero-order chi connectivity index (χ0) is 14.8. The van der Waals surface area contributed by atoms with E-state index in [1.165, 1.54) is 0 Å². The molecule has 3 aliphatic rings. The Morgan fingerprint density at radius 2 is 1.71 bits per heavy atom. The number of piperidine rings is 1. The van der Waals surface area contributed by atoms with Gasteiger partial charge in [-0.1, -0.05) is 0 Å². The van der Waals surface area contributed by atoms with Gasteiger partial charge in [-0.2, -0.15) is 0 Å². The highest BCUT2D eigenvalue weighted by molar-refractivity contribution is 5.76. The highest BCUT2D eigenvalue weighted by atomic mass is 16.5. The van der Waals surface area contributed by atoms with Crippen molar-refractivity contribution in [1.29, 1.82) is 0 Å². The second-order valence-corrected chi connectivity index (χ2v) is 6.56. The number of carbonyl (C=O) groups excluding carboxylic acids is 1. The van der Waals surface area contributed by atoms with Gasteiger partial charge in [0.2, 0.25) is 0 Å². The number of hydrogen-bond acceptors (Lipinski definition) is 3. The number of urea groups is 1. The van der Waals surface area contributed by atoms with Crippen LogP contribution in [0.1, 0.15) is 44.9 Å². The van der Waals surface area contributed by atoms with Crippen LogP contribution in [0.5, 0.6) is 0 Å². The number of fused-ring (bicyclic) bond motifs is 2. The number of amides is 2. The van der Waals surface area contributed by atoms with Crippen LogP contribution in [0.4, 0.5) is 4.79 Å². The molecule has 3 fully saturated rings. The summed E-state index contributed by atoms with van der Waals surface area (Å²) in [6.07, 6.45) is 5.72. The molecule has 2 bridgehead atoms. The Hall–Kier alpha value is -1.30. The number of rotatable bonds is 3. The van der Waals surface area contributed by atoms with Crippen molar-refractivity contribution >= 4 is 12.0 Å². The van der Waals surface area contributed by atoms with Crippen molar-refractivity contribution in [3.8, 4) is 0 Å². The lowest BCUT2D eigenvalue weighted by Gasteiger charge is -2.39. The maximum absolute atomic E-state index is 12.5. The van der Waals surface area contributed by atoms with Crippen LogP contribution in [-0.4, -0.2) is 53.3 Å². The SMILES string of the molecule is O=C(O)CC1CC2CCC(C1)N2C(=O)NC1CCOCC1. The minimum atomic E-state index is -0.723. The lowest BCUT2D eigenvalue weighted by molar-refractivity contribution is -0.138. The summed E-state index contributed by atoms with van der Waals surface area (Å²) in [4.78, 5) is 25.4. The van der Waals surface area contributed by atoms with Crippen molar-refractivity contribution in [1.82, 2.24) is 10.2 Å². The van der Waals surface area contributed by atoms with Crippen LogP contribution < -0.4 is 5.32 Å². The standard InChI is InChI=1S/C15H24N2O4/c18-14(19)9-10-7-12-1-2-13(8-10)17(12)15(20)16-11-3-5-21-6-4-11/h10-13H,1-9H2,(H,16,20)(H,18,19). The lowest BCUT2D eigenvalue weighted by Crippen LogP contribution is -2.53. The van der Waals surface area contributed by atoms with E-state index in [1.807, 2.05) is 4.90 Å². The fourth-order valence-electron chi connectivity index (χ4n) is 4.13. The van der Waals surface area contributed by atoms with Gasteiger partial charge in [0.05, 0.1) is 0 Å². The highest BCUT2D eigenvalue weighted by Gasteiger charge is 2.43. The van der Waals surface area contributed by atoms with Crippen molar-refractivity contribution in [2.24, 2.45) is 5.92 Å². The van der Waals surface area contributed by atoms with Gasteiger partial charge in [-0.25, -0.2) is 4.79 Å². The Bertz CT molecular complexity index is 394. The van der Waals surface area contributed by atoms with E-state index in [4.69, 9.17) is 9.84 Å². The van der Waals surface area contributed by atoms with Gasteiger partial charge in [0.15, 0.2) is 0 Å². The number of nitrogens with one attached hydrogen (secondary N) is 1. The summed E-state index contributed by atoms with van der Waals surface area (Å²) in [5.74, 6) is -0.494. The van der Waals surface area contributed by atoms with Gasteiger partial charge in [0.1, 0.15) is 0 Å². The van der Waals surface area contributed by atoms with Crippen LogP contribution in [-0.2, 0) is 9.53 Å². The summed E-state index contributed by atoms with van der Waals surface area (Å²) in [7, 11) is 0. The van der Waals surface area contributed by atoms with Gasteiger partial charge < -0.3 is 20.1 Å². The first-order valence-electron chi connectivity index (χ1n) is 8.02. The van der Waals surface area contributed by atoms with E-state index in [1.54, 1.807) is 0 Å². The van der Waals surface area contributed by atoms with Crippen LogP contribution in [0, 0.1) is 5.92 Å². The van der Waals surface area contributed by atoms with Crippen LogP contribution in [0.25, 0.3) is 0 Å². The fraction of sp³-hybridized carbons (Fsp3) is 0.867. The topological polar surface area (TPSA) is 78.9 Å². The predicted molar refractivity (Wildman–Crippen MR) is 76.0 cm³/mol. The molecule has 0 aromatic heterocycles. The first-order valence-corrected chi connectivity index (χ1v) is 8.02. The molecule has 6 nitrogen and oxygen atoms in total. The maximum atomic E-state index is 12.5. The first kappa shape index (κ1) is 14.6. The molecule has 0 aromatic carbocycles. The number of carboxylic acids is 1. The second-order valence-electron chi connectivity index (χ2n) is 6.56. The third-order valence-corrected chi connectivity index (χ3v) is 5.08. The molecule has 2 amide bonds. The molecule has 2 N–H and O–H groups in total. The van der Waals surface area contributed by atoms with Crippen molar-refractivity contribution in [2.75, 3.05) is 13.2 Å². The Morgan fingerprint density at radius 1 is 1.10 bits per heavy atom. The molecular formula is C15H24N2O4. The minimum Gasteiger partial charge on any atom is -0.481 e. The number of carbonyl (C=O) groups is 2. The zero-order valence-electron chi connectivity index (χ0n) is 12.3. The highest BCUT2D eigenvalue weighted by Crippen LogP contribution is 2.39. The molecule has 0 saturated carbocycles.